The fourth-order valence-electron chi connectivity index (χ4n) is 4.66. The van der Waals surface area contributed by atoms with Crippen molar-refractivity contribution in [2.75, 3.05) is 13.7 Å². The molecule has 0 bridgehead atoms. The molecule has 4 heteroatoms. The van der Waals surface area contributed by atoms with Crippen LogP contribution in [0.15, 0.2) is 78.9 Å². The average molecular weight is 465 g/mol. The second kappa shape index (κ2) is 9.83. The molecule has 0 fully saturated rings. The highest BCUT2D eigenvalue weighted by atomic mass is 16.5. The van der Waals surface area contributed by atoms with E-state index in [0.717, 1.165) is 35.8 Å². The first kappa shape index (κ1) is 23.0. The van der Waals surface area contributed by atoms with E-state index < -0.39 is 0 Å². The van der Waals surface area contributed by atoms with E-state index in [1.54, 1.807) is 7.11 Å². The average Bonchev–Trinajstić information content (AvgIpc) is 3.26. The van der Waals surface area contributed by atoms with Crippen molar-refractivity contribution in [2.45, 2.75) is 39.7 Å². The smallest absolute Gasteiger partial charge is 0.119 e. The first-order chi connectivity index (χ1) is 17.0. The predicted octanol–water partition coefficient (Wildman–Crippen LogP) is 7.44. The molecule has 0 N–H and O–H groups in total. The molecule has 1 unspecified atom stereocenters. The number of aromatic nitrogens is 2. The third-order valence-electron chi connectivity index (χ3n) is 6.92. The van der Waals surface area contributed by atoms with E-state index in [9.17, 15) is 0 Å². The zero-order chi connectivity index (χ0) is 24.4. The molecule has 0 saturated carbocycles. The van der Waals surface area contributed by atoms with Crippen molar-refractivity contribution < 1.29 is 9.47 Å². The van der Waals surface area contributed by atoms with Crippen LogP contribution in [0.1, 0.15) is 41.8 Å². The van der Waals surface area contributed by atoms with E-state index in [1.807, 2.05) is 6.07 Å². The minimum atomic E-state index is 0.162. The van der Waals surface area contributed by atoms with Gasteiger partial charge in [-0.2, -0.15) is 0 Å². The molecule has 178 valence electrons. The zero-order valence-electron chi connectivity index (χ0n) is 20.9. The summed E-state index contributed by atoms with van der Waals surface area (Å²) in [5.41, 5.74) is 6.01. The molecule has 0 radical (unpaired) electrons. The van der Waals surface area contributed by atoms with Gasteiger partial charge in [0.25, 0.3) is 0 Å². The SMILES string of the molecule is COc1ccc2cc(C(C)c3nc4ccccc4n3CCCOc3ccc(C)c(C)c3)ccc2c1. The van der Waals surface area contributed by atoms with E-state index in [-0.39, 0.29) is 5.92 Å². The Kier molecular flexibility index (Phi) is 6.45. The largest absolute Gasteiger partial charge is 0.497 e. The molecular weight excluding hydrogens is 432 g/mol. The Labute approximate surface area is 207 Å². The third kappa shape index (κ3) is 4.74. The van der Waals surface area contributed by atoms with Crippen molar-refractivity contribution in [1.29, 1.82) is 0 Å². The van der Waals surface area contributed by atoms with E-state index >= 15 is 0 Å². The van der Waals surface area contributed by atoms with Gasteiger partial charge >= 0.3 is 0 Å². The van der Waals surface area contributed by atoms with Gasteiger partial charge < -0.3 is 14.0 Å². The number of rotatable bonds is 8. The molecule has 0 aliphatic heterocycles. The lowest BCUT2D eigenvalue weighted by atomic mass is 9.97. The van der Waals surface area contributed by atoms with Crippen LogP contribution >= 0.6 is 0 Å². The third-order valence-corrected chi connectivity index (χ3v) is 6.92. The lowest BCUT2D eigenvalue weighted by Crippen LogP contribution is -2.11. The Balaban J connectivity index is 1.38. The maximum atomic E-state index is 6.06. The van der Waals surface area contributed by atoms with Gasteiger partial charge in [-0.05, 0) is 84.1 Å². The summed E-state index contributed by atoms with van der Waals surface area (Å²) in [5.74, 6) is 3.06. The molecule has 4 nitrogen and oxygen atoms in total. The molecule has 35 heavy (non-hydrogen) atoms. The van der Waals surface area contributed by atoms with Crippen molar-refractivity contribution in [1.82, 2.24) is 9.55 Å². The number of para-hydroxylation sites is 2. The minimum absolute atomic E-state index is 0.162. The summed E-state index contributed by atoms with van der Waals surface area (Å²) in [6, 6.07) is 27.6. The number of imidazole rings is 1. The van der Waals surface area contributed by atoms with Crippen LogP contribution < -0.4 is 9.47 Å². The summed E-state index contributed by atoms with van der Waals surface area (Å²) in [7, 11) is 1.70. The van der Waals surface area contributed by atoms with E-state index in [4.69, 9.17) is 14.5 Å². The molecule has 1 aromatic heterocycles. The standard InChI is InChI=1S/C31H32N2O2/c1-21-10-14-28(18-22(21)2)35-17-7-16-33-30-9-6-5-8-29(30)32-31(33)23(3)24-11-12-26-20-27(34-4)15-13-25(26)19-24/h5-6,8-15,18-20,23H,7,16-17H2,1-4H3. The first-order valence-corrected chi connectivity index (χ1v) is 12.3. The van der Waals surface area contributed by atoms with Gasteiger partial charge in [0.15, 0.2) is 0 Å². The van der Waals surface area contributed by atoms with Gasteiger partial charge in [0, 0.05) is 12.5 Å². The lowest BCUT2D eigenvalue weighted by Gasteiger charge is -2.16. The van der Waals surface area contributed by atoms with Crippen LogP contribution in [-0.2, 0) is 6.54 Å². The molecule has 5 aromatic rings. The van der Waals surface area contributed by atoms with Gasteiger partial charge in [-0.1, -0.05) is 49.4 Å². The molecule has 0 saturated heterocycles. The number of hydrogen-bond donors (Lipinski definition) is 0. The van der Waals surface area contributed by atoms with Crippen molar-refractivity contribution in [3.63, 3.8) is 0 Å². The monoisotopic (exact) mass is 464 g/mol. The zero-order valence-corrected chi connectivity index (χ0v) is 20.9. The predicted molar refractivity (Wildman–Crippen MR) is 144 cm³/mol. The Morgan fingerprint density at radius 1 is 0.829 bits per heavy atom. The van der Waals surface area contributed by atoms with Gasteiger partial charge in [0.2, 0.25) is 0 Å². The highest BCUT2D eigenvalue weighted by molar-refractivity contribution is 5.85. The summed E-state index contributed by atoms with van der Waals surface area (Å²) in [6.45, 7) is 8.01. The molecule has 0 amide bonds. The van der Waals surface area contributed by atoms with Crippen molar-refractivity contribution in [3.05, 3.63) is 101 Å². The number of benzene rings is 4. The fourth-order valence-corrected chi connectivity index (χ4v) is 4.66. The lowest BCUT2D eigenvalue weighted by molar-refractivity contribution is 0.301. The van der Waals surface area contributed by atoms with Crippen LogP contribution in [0.3, 0.4) is 0 Å². The van der Waals surface area contributed by atoms with Gasteiger partial charge in [0.05, 0.1) is 24.8 Å². The Hall–Kier alpha value is -3.79. The summed E-state index contributed by atoms with van der Waals surface area (Å²) in [5, 5.41) is 2.39. The van der Waals surface area contributed by atoms with Gasteiger partial charge in [-0.3, -0.25) is 0 Å². The maximum absolute atomic E-state index is 6.06. The Bertz CT molecular complexity index is 1480. The molecule has 0 spiro atoms. The normalized spacial score (nSPS) is 12.2. The second-order valence-electron chi connectivity index (χ2n) is 9.25. The summed E-state index contributed by atoms with van der Waals surface area (Å²) < 4.78 is 13.8. The van der Waals surface area contributed by atoms with Gasteiger partial charge in [-0.25, -0.2) is 4.98 Å². The van der Waals surface area contributed by atoms with Crippen molar-refractivity contribution >= 4 is 21.8 Å². The second-order valence-corrected chi connectivity index (χ2v) is 9.25. The number of aryl methyl sites for hydroxylation is 3. The summed E-state index contributed by atoms with van der Waals surface area (Å²) >= 11 is 0. The van der Waals surface area contributed by atoms with E-state index in [2.05, 4.69) is 98.1 Å². The van der Waals surface area contributed by atoms with Crippen LogP contribution in [0.4, 0.5) is 0 Å². The minimum Gasteiger partial charge on any atom is -0.497 e. The topological polar surface area (TPSA) is 36.3 Å². The Morgan fingerprint density at radius 3 is 2.43 bits per heavy atom. The van der Waals surface area contributed by atoms with Gasteiger partial charge in [0.1, 0.15) is 17.3 Å². The molecule has 0 aliphatic rings. The van der Waals surface area contributed by atoms with Crippen molar-refractivity contribution in [2.24, 2.45) is 0 Å². The van der Waals surface area contributed by atoms with Crippen LogP contribution in [0.2, 0.25) is 0 Å². The van der Waals surface area contributed by atoms with Crippen molar-refractivity contribution in [3.8, 4) is 11.5 Å². The summed E-state index contributed by atoms with van der Waals surface area (Å²) in [6.07, 6.45) is 0.907. The molecule has 4 aromatic carbocycles. The van der Waals surface area contributed by atoms with Crippen LogP contribution in [0.5, 0.6) is 11.5 Å². The number of methoxy groups -OCH3 is 1. The fraction of sp³-hybridized carbons (Fsp3) is 0.258. The van der Waals surface area contributed by atoms with Crippen LogP contribution in [-0.4, -0.2) is 23.3 Å². The Morgan fingerprint density at radius 2 is 1.60 bits per heavy atom. The van der Waals surface area contributed by atoms with Crippen LogP contribution in [0.25, 0.3) is 21.8 Å². The number of hydrogen-bond acceptors (Lipinski definition) is 3. The van der Waals surface area contributed by atoms with E-state index in [0.29, 0.717) is 6.61 Å². The van der Waals surface area contributed by atoms with Gasteiger partial charge in [-0.15, -0.1) is 0 Å². The number of ether oxygens (including phenoxy) is 2. The molecule has 5 rings (SSSR count). The quantitative estimate of drug-likeness (QED) is 0.224. The maximum Gasteiger partial charge on any atom is 0.119 e. The van der Waals surface area contributed by atoms with Crippen LogP contribution in [0, 0.1) is 13.8 Å². The molecule has 1 heterocycles. The molecule has 1 atom stereocenters. The highest BCUT2D eigenvalue weighted by Gasteiger charge is 2.18. The molecular formula is C31H32N2O2. The number of fused-ring (bicyclic) bond motifs is 2. The first-order valence-electron chi connectivity index (χ1n) is 12.3. The molecule has 0 aliphatic carbocycles. The number of nitrogens with zero attached hydrogens (tertiary/aromatic N) is 2. The summed E-state index contributed by atoms with van der Waals surface area (Å²) in [4.78, 5) is 5.06. The van der Waals surface area contributed by atoms with E-state index in [1.165, 1.54) is 33.0 Å². The highest BCUT2D eigenvalue weighted by Crippen LogP contribution is 2.31.